The van der Waals surface area contributed by atoms with Crippen LogP contribution in [0.25, 0.3) is 0 Å². The highest BCUT2D eigenvalue weighted by molar-refractivity contribution is 5.89. The maximum atomic E-state index is 11.6. The number of rotatable bonds is 3. The molecule has 0 aromatic heterocycles. The van der Waals surface area contributed by atoms with Crippen molar-refractivity contribution in [3.05, 3.63) is 65.2 Å². The lowest BCUT2D eigenvalue weighted by atomic mass is 9.70. The number of ether oxygens (including phenoxy) is 2. The van der Waals surface area contributed by atoms with E-state index >= 15 is 0 Å². The molecule has 0 spiro atoms. The molecule has 2 fully saturated rings. The van der Waals surface area contributed by atoms with Gasteiger partial charge in [-0.05, 0) is 50.3 Å². The van der Waals surface area contributed by atoms with Crippen molar-refractivity contribution in [2.75, 3.05) is 13.1 Å². The minimum Gasteiger partial charge on any atom is -0.487 e. The lowest BCUT2D eigenvalue weighted by Gasteiger charge is -2.53. The first kappa shape index (κ1) is 19.6. The second-order valence-corrected chi connectivity index (χ2v) is 9.43. The monoisotopic (exact) mass is 407 g/mol. The summed E-state index contributed by atoms with van der Waals surface area (Å²) in [4.78, 5) is 14.0. The van der Waals surface area contributed by atoms with Gasteiger partial charge >= 0.3 is 5.97 Å². The van der Waals surface area contributed by atoms with Gasteiger partial charge in [0, 0.05) is 31.1 Å². The van der Waals surface area contributed by atoms with Gasteiger partial charge in [0.25, 0.3) is 0 Å². The van der Waals surface area contributed by atoms with Gasteiger partial charge in [-0.2, -0.15) is 0 Å². The molecule has 0 saturated carbocycles. The van der Waals surface area contributed by atoms with E-state index in [0.29, 0.717) is 23.9 Å². The fraction of sp³-hybridized carbons (Fsp3) is 0.480. The molecule has 5 heteroatoms. The number of carboxylic acids is 1. The maximum Gasteiger partial charge on any atom is 0.336 e. The summed E-state index contributed by atoms with van der Waals surface area (Å²) in [6, 6.07) is 15.6. The topological polar surface area (TPSA) is 59.0 Å². The zero-order valence-electron chi connectivity index (χ0n) is 17.6. The number of hydrogen-bond donors (Lipinski definition) is 1. The molecule has 3 aliphatic heterocycles. The summed E-state index contributed by atoms with van der Waals surface area (Å²) in [6.07, 6.45) is 2.38. The van der Waals surface area contributed by atoms with Gasteiger partial charge in [-0.1, -0.05) is 36.4 Å². The fourth-order valence-electron chi connectivity index (χ4n) is 5.58. The summed E-state index contributed by atoms with van der Waals surface area (Å²) >= 11 is 0. The molecule has 0 aliphatic carbocycles. The Morgan fingerprint density at radius 2 is 1.93 bits per heavy atom. The molecule has 0 radical (unpaired) electrons. The van der Waals surface area contributed by atoms with E-state index in [1.54, 1.807) is 12.1 Å². The Hall–Kier alpha value is -2.37. The van der Waals surface area contributed by atoms with Crippen LogP contribution in [0.1, 0.15) is 54.3 Å². The first-order valence-corrected chi connectivity index (χ1v) is 10.9. The van der Waals surface area contributed by atoms with Gasteiger partial charge in [0.1, 0.15) is 11.4 Å². The van der Waals surface area contributed by atoms with Gasteiger partial charge in [-0.15, -0.1) is 0 Å². The largest absolute Gasteiger partial charge is 0.487 e. The van der Waals surface area contributed by atoms with Crippen LogP contribution in [0.15, 0.2) is 48.5 Å². The van der Waals surface area contributed by atoms with Crippen LogP contribution in [0.4, 0.5) is 0 Å². The zero-order chi connectivity index (χ0) is 20.9. The van der Waals surface area contributed by atoms with Crippen LogP contribution in [-0.4, -0.2) is 40.8 Å². The quantitative estimate of drug-likeness (QED) is 0.810. The van der Waals surface area contributed by atoms with E-state index in [1.165, 1.54) is 5.56 Å². The molecule has 158 valence electrons. The van der Waals surface area contributed by atoms with E-state index in [-0.39, 0.29) is 17.8 Å². The van der Waals surface area contributed by atoms with Gasteiger partial charge < -0.3 is 14.6 Å². The number of nitrogens with zero attached hydrogens (tertiary/aromatic N) is 1. The third-order valence-electron chi connectivity index (χ3n) is 7.13. The second-order valence-electron chi connectivity index (χ2n) is 9.43. The van der Waals surface area contributed by atoms with E-state index in [4.69, 9.17) is 9.47 Å². The van der Waals surface area contributed by atoms with Crippen molar-refractivity contribution in [3.63, 3.8) is 0 Å². The van der Waals surface area contributed by atoms with Crippen LogP contribution in [0.3, 0.4) is 0 Å². The standard InChI is InChI=1S/C25H29NO4/c1-25(2)20-13-17-15-26(14-16-7-3-4-8-18(16)24(27)28)12-11-21(17)29-23(20)19-9-5-6-10-22(19)30-25/h3-10,17,20-21,23H,11-15H2,1-2H3,(H,27,28)/t17-,20+,21+,23-/m0/s1. The SMILES string of the molecule is CC1(C)Oc2ccccc2[C@@H]2O[C@@H]3CCN(Cc4ccccc4C(=O)O)C[C@@H]3C[C@H]21. The molecule has 3 aliphatic rings. The molecule has 0 bridgehead atoms. The number of carbonyl (C=O) groups is 1. The molecule has 5 nitrogen and oxygen atoms in total. The summed E-state index contributed by atoms with van der Waals surface area (Å²) in [7, 11) is 0. The van der Waals surface area contributed by atoms with E-state index in [2.05, 4.69) is 30.9 Å². The van der Waals surface area contributed by atoms with Crippen LogP contribution in [0, 0.1) is 11.8 Å². The predicted molar refractivity (Wildman–Crippen MR) is 114 cm³/mol. The molecule has 4 atom stereocenters. The van der Waals surface area contributed by atoms with Crippen LogP contribution in [0.2, 0.25) is 0 Å². The van der Waals surface area contributed by atoms with Crippen molar-refractivity contribution in [2.45, 2.75) is 51.0 Å². The van der Waals surface area contributed by atoms with E-state index in [9.17, 15) is 9.90 Å². The third-order valence-corrected chi connectivity index (χ3v) is 7.13. The number of aromatic carboxylic acids is 1. The van der Waals surface area contributed by atoms with Gasteiger partial charge in [-0.25, -0.2) is 4.79 Å². The average Bonchev–Trinajstić information content (AvgIpc) is 2.73. The number of likely N-dealkylation sites (tertiary alicyclic amines) is 1. The average molecular weight is 408 g/mol. The molecule has 0 amide bonds. The Morgan fingerprint density at radius 1 is 1.17 bits per heavy atom. The predicted octanol–water partition coefficient (Wildman–Crippen LogP) is 4.52. The Morgan fingerprint density at radius 3 is 2.77 bits per heavy atom. The smallest absolute Gasteiger partial charge is 0.336 e. The minimum atomic E-state index is -0.857. The van der Waals surface area contributed by atoms with Crippen molar-refractivity contribution >= 4 is 5.97 Å². The van der Waals surface area contributed by atoms with Crippen LogP contribution in [0.5, 0.6) is 5.75 Å². The molecule has 2 aromatic carbocycles. The van der Waals surface area contributed by atoms with Gasteiger partial charge in [-0.3, -0.25) is 4.90 Å². The second kappa shape index (κ2) is 7.40. The number of piperidine rings is 1. The number of fused-ring (bicyclic) bond motifs is 4. The van der Waals surface area contributed by atoms with Crippen molar-refractivity contribution in [2.24, 2.45) is 11.8 Å². The molecule has 2 saturated heterocycles. The number of carboxylic acid groups (broad SMARTS) is 1. The molecular weight excluding hydrogens is 378 g/mol. The highest BCUT2D eigenvalue weighted by atomic mass is 16.5. The summed E-state index contributed by atoms with van der Waals surface area (Å²) < 4.78 is 13.1. The van der Waals surface area contributed by atoms with Crippen LogP contribution in [-0.2, 0) is 11.3 Å². The molecule has 5 rings (SSSR count). The number of benzene rings is 2. The van der Waals surface area contributed by atoms with Crippen LogP contribution >= 0.6 is 0 Å². The summed E-state index contributed by atoms with van der Waals surface area (Å²) in [5.41, 5.74) is 2.19. The van der Waals surface area contributed by atoms with Crippen molar-refractivity contribution in [3.8, 4) is 5.75 Å². The Labute approximate surface area is 177 Å². The van der Waals surface area contributed by atoms with Crippen LogP contribution < -0.4 is 4.74 Å². The van der Waals surface area contributed by atoms with E-state index in [1.807, 2.05) is 24.3 Å². The van der Waals surface area contributed by atoms with Crippen molar-refractivity contribution < 1.29 is 19.4 Å². The fourth-order valence-corrected chi connectivity index (χ4v) is 5.58. The molecule has 1 N–H and O–H groups in total. The lowest BCUT2D eigenvalue weighted by Crippen LogP contribution is -2.55. The minimum absolute atomic E-state index is 0.0884. The lowest BCUT2D eigenvalue weighted by molar-refractivity contribution is -0.187. The Balaban J connectivity index is 1.34. The number of para-hydroxylation sites is 1. The highest BCUT2D eigenvalue weighted by Gasteiger charge is 2.51. The summed E-state index contributed by atoms with van der Waals surface area (Å²) in [5, 5.41) is 9.50. The molecular formula is C25H29NO4. The maximum absolute atomic E-state index is 11.6. The third kappa shape index (κ3) is 3.40. The zero-order valence-corrected chi connectivity index (χ0v) is 17.6. The van der Waals surface area contributed by atoms with Gasteiger partial charge in [0.2, 0.25) is 0 Å². The molecule has 2 aromatic rings. The van der Waals surface area contributed by atoms with E-state index in [0.717, 1.165) is 37.2 Å². The Kier molecular flexibility index (Phi) is 4.83. The van der Waals surface area contributed by atoms with Gasteiger partial charge in [0.15, 0.2) is 0 Å². The van der Waals surface area contributed by atoms with Gasteiger partial charge in [0.05, 0.1) is 17.8 Å². The first-order valence-electron chi connectivity index (χ1n) is 10.9. The first-order chi connectivity index (χ1) is 14.4. The summed E-state index contributed by atoms with van der Waals surface area (Å²) in [5.74, 6) is 0.832. The highest BCUT2D eigenvalue weighted by Crippen LogP contribution is 2.52. The van der Waals surface area contributed by atoms with E-state index < -0.39 is 5.97 Å². The number of hydrogen-bond acceptors (Lipinski definition) is 4. The van der Waals surface area contributed by atoms with Crippen molar-refractivity contribution in [1.29, 1.82) is 0 Å². The summed E-state index contributed by atoms with van der Waals surface area (Å²) in [6.45, 7) is 6.87. The van der Waals surface area contributed by atoms with Crippen molar-refractivity contribution in [1.82, 2.24) is 4.90 Å². The Bertz CT molecular complexity index is 956. The molecule has 30 heavy (non-hydrogen) atoms. The normalized spacial score (nSPS) is 29.8. The molecule has 3 heterocycles. The molecule has 0 unspecified atom stereocenters.